The summed E-state index contributed by atoms with van der Waals surface area (Å²) >= 11 is 3.11. The molecule has 0 unspecified atom stereocenters. The fourth-order valence-electron chi connectivity index (χ4n) is 2.27. The summed E-state index contributed by atoms with van der Waals surface area (Å²) in [6, 6.07) is 19.7. The molecule has 0 radical (unpaired) electrons. The summed E-state index contributed by atoms with van der Waals surface area (Å²) in [5.41, 5.74) is 2.69. The minimum Gasteiger partial charge on any atom is -0.506 e. The molecule has 0 spiro atoms. The first-order valence-corrected chi connectivity index (χ1v) is 8.45. The van der Waals surface area contributed by atoms with Crippen molar-refractivity contribution >= 4 is 44.9 Å². The molecule has 0 aromatic heterocycles. The van der Waals surface area contributed by atoms with Crippen molar-refractivity contribution in [2.45, 2.75) is 0 Å². The number of hydrogen-bond donors (Lipinski definition) is 2. The predicted molar refractivity (Wildman–Crippen MR) is 106 cm³/mol. The van der Waals surface area contributed by atoms with Crippen LogP contribution in [-0.2, 0) is 0 Å². The Kier molecular flexibility index (Phi) is 5.28. The molecule has 0 aliphatic carbocycles. The van der Waals surface area contributed by atoms with Gasteiger partial charge < -0.3 is 10.4 Å². The van der Waals surface area contributed by atoms with Crippen LogP contribution in [0.25, 0.3) is 0 Å². The van der Waals surface area contributed by atoms with E-state index >= 15 is 0 Å². The Balaban J connectivity index is 1.78. The minimum atomic E-state index is -0.522. The molecule has 0 aliphatic rings. The molecule has 0 atom stereocenters. The fourth-order valence-corrected chi connectivity index (χ4v) is 2.74. The molecule has 0 fully saturated rings. The molecular weight excluding hydrogens is 398 g/mol. The number of anilines is 2. The molecule has 0 bridgehead atoms. The lowest BCUT2D eigenvalue weighted by atomic mass is 10.2. The monoisotopic (exact) mass is 411 g/mol. The molecule has 7 heteroatoms. The smallest absolute Gasteiger partial charge is 0.271 e. The lowest BCUT2D eigenvalue weighted by Crippen LogP contribution is -1.92. The maximum Gasteiger partial charge on any atom is 0.271 e. The topological polar surface area (TPSA) is 87.8 Å². The largest absolute Gasteiger partial charge is 0.506 e. The molecule has 3 aromatic rings. The molecule has 0 heterocycles. The van der Waals surface area contributed by atoms with Crippen molar-refractivity contribution in [3.63, 3.8) is 0 Å². The molecule has 130 valence electrons. The zero-order chi connectivity index (χ0) is 18.5. The third-order valence-electron chi connectivity index (χ3n) is 3.57. The van der Waals surface area contributed by atoms with Crippen LogP contribution in [0.15, 0.2) is 76.2 Å². The summed E-state index contributed by atoms with van der Waals surface area (Å²) in [5, 5.41) is 24.2. The van der Waals surface area contributed by atoms with Gasteiger partial charge in [-0.05, 0) is 52.3 Å². The number of phenols is 1. The summed E-state index contributed by atoms with van der Waals surface area (Å²) in [7, 11) is 0. The van der Waals surface area contributed by atoms with Crippen molar-refractivity contribution in [1.29, 1.82) is 0 Å². The van der Waals surface area contributed by atoms with Crippen molar-refractivity contribution in [3.05, 3.63) is 86.9 Å². The van der Waals surface area contributed by atoms with Gasteiger partial charge in [0, 0.05) is 35.3 Å². The highest BCUT2D eigenvalue weighted by Crippen LogP contribution is 2.32. The average Bonchev–Trinajstić information content (AvgIpc) is 2.64. The van der Waals surface area contributed by atoms with E-state index in [9.17, 15) is 15.2 Å². The first kappa shape index (κ1) is 17.6. The quantitative estimate of drug-likeness (QED) is 0.326. The Morgan fingerprint density at radius 3 is 2.35 bits per heavy atom. The third-order valence-corrected chi connectivity index (χ3v) is 4.18. The van der Waals surface area contributed by atoms with Gasteiger partial charge in [0.15, 0.2) is 0 Å². The van der Waals surface area contributed by atoms with Crippen molar-refractivity contribution in [3.8, 4) is 5.75 Å². The van der Waals surface area contributed by atoms with Crippen LogP contribution in [-0.4, -0.2) is 16.2 Å². The normalized spacial score (nSPS) is 10.8. The molecule has 0 aliphatic heterocycles. The standard InChI is InChI=1S/C19H14BrN3O3/c20-18-11-17(23(25)26)10-13(19(18)24)12-21-14-6-8-16(9-7-14)22-15-4-2-1-3-5-15/h1-12,22,24H. The number of nitro groups is 1. The van der Waals surface area contributed by atoms with Crippen LogP contribution in [0.2, 0.25) is 0 Å². The highest BCUT2D eigenvalue weighted by Gasteiger charge is 2.13. The number of rotatable bonds is 5. The Labute approximate surface area is 158 Å². The van der Waals surface area contributed by atoms with E-state index in [0.717, 1.165) is 11.4 Å². The number of halogens is 1. The zero-order valence-corrected chi connectivity index (χ0v) is 15.1. The molecule has 3 aromatic carbocycles. The van der Waals surface area contributed by atoms with Gasteiger partial charge in [0.2, 0.25) is 0 Å². The molecule has 3 rings (SSSR count). The predicted octanol–water partition coefficient (Wildman–Crippen LogP) is 5.56. The Hall–Kier alpha value is -3.19. The summed E-state index contributed by atoms with van der Waals surface area (Å²) in [6.07, 6.45) is 1.40. The van der Waals surface area contributed by atoms with Gasteiger partial charge in [0.1, 0.15) is 5.75 Å². The van der Waals surface area contributed by atoms with E-state index < -0.39 is 4.92 Å². The van der Waals surface area contributed by atoms with Gasteiger partial charge in [-0.15, -0.1) is 0 Å². The number of aliphatic imine (C=N–C) groups is 1. The van der Waals surface area contributed by atoms with Crippen LogP contribution in [0.1, 0.15) is 5.56 Å². The van der Waals surface area contributed by atoms with Crippen LogP contribution in [0.3, 0.4) is 0 Å². The number of para-hydroxylation sites is 1. The Morgan fingerprint density at radius 1 is 1.04 bits per heavy atom. The minimum absolute atomic E-state index is 0.0956. The maximum atomic E-state index is 10.9. The molecule has 26 heavy (non-hydrogen) atoms. The van der Waals surface area contributed by atoms with E-state index in [1.165, 1.54) is 18.3 Å². The van der Waals surface area contributed by atoms with E-state index in [0.29, 0.717) is 5.69 Å². The first-order valence-electron chi connectivity index (χ1n) is 7.66. The number of phenolic OH excluding ortho intramolecular Hbond substituents is 1. The second-order valence-electron chi connectivity index (χ2n) is 5.42. The van der Waals surface area contributed by atoms with Gasteiger partial charge in [-0.3, -0.25) is 15.1 Å². The van der Waals surface area contributed by atoms with Crippen molar-refractivity contribution in [2.75, 3.05) is 5.32 Å². The summed E-state index contributed by atoms with van der Waals surface area (Å²) in [6.45, 7) is 0. The van der Waals surface area contributed by atoms with E-state index in [1.807, 2.05) is 54.6 Å². The van der Waals surface area contributed by atoms with Crippen LogP contribution >= 0.6 is 15.9 Å². The molecule has 0 saturated heterocycles. The second kappa shape index (κ2) is 7.79. The van der Waals surface area contributed by atoms with Crippen molar-refractivity contribution in [1.82, 2.24) is 0 Å². The molecule has 0 amide bonds. The summed E-state index contributed by atoms with van der Waals surface area (Å²) < 4.78 is 0.246. The second-order valence-corrected chi connectivity index (χ2v) is 6.27. The maximum absolute atomic E-state index is 10.9. The molecular formula is C19H14BrN3O3. The third kappa shape index (κ3) is 4.25. The lowest BCUT2D eigenvalue weighted by Gasteiger charge is -2.06. The SMILES string of the molecule is O=[N+]([O-])c1cc(Br)c(O)c(C=Nc2ccc(Nc3ccccc3)cc2)c1. The van der Waals surface area contributed by atoms with Crippen LogP contribution in [0, 0.1) is 10.1 Å². The van der Waals surface area contributed by atoms with Crippen LogP contribution in [0.5, 0.6) is 5.75 Å². The van der Waals surface area contributed by atoms with Gasteiger partial charge in [0.25, 0.3) is 5.69 Å². The number of nitro benzene ring substituents is 1. The Morgan fingerprint density at radius 2 is 1.69 bits per heavy atom. The average molecular weight is 412 g/mol. The summed E-state index contributed by atoms with van der Waals surface area (Å²) in [5.74, 6) is -0.0956. The van der Waals surface area contributed by atoms with Gasteiger partial charge in [-0.2, -0.15) is 0 Å². The number of hydrogen-bond acceptors (Lipinski definition) is 5. The number of aromatic hydroxyl groups is 1. The number of nitrogens with one attached hydrogen (secondary N) is 1. The van der Waals surface area contributed by atoms with Crippen molar-refractivity contribution in [2.24, 2.45) is 4.99 Å². The van der Waals surface area contributed by atoms with Gasteiger partial charge in [-0.25, -0.2) is 0 Å². The molecule has 0 saturated carbocycles. The first-order chi connectivity index (χ1) is 12.5. The van der Waals surface area contributed by atoms with Crippen LogP contribution < -0.4 is 5.32 Å². The highest BCUT2D eigenvalue weighted by molar-refractivity contribution is 9.10. The lowest BCUT2D eigenvalue weighted by molar-refractivity contribution is -0.385. The fraction of sp³-hybridized carbons (Fsp3) is 0. The van der Waals surface area contributed by atoms with Crippen LogP contribution in [0.4, 0.5) is 22.7 Å². The van der Waals surface area contributed by atoms with Gasteiger partial charge >= 0.3 is 0 Å². The number of nitrogens with zero attached hydrogens (tertiary/aromatic N) is 2. The van der Waals surface area contributed by atoms with Gasteiger partial charge in [-0.1, -0.05) is 18.2 Å². The Bertz CT molecular complexity index is 958. The number of non-ortho nitro benzene ring substituents is 1. The van der Waals surface area contributed by atoms with E-state index in [1.54, 1.807) is 0 Å². The van der Waals surface area contributed by atoms with Crippen molar-refractivity contribution < 1.29 is 10.0 Å². The number of benzene rings is 3. The molecule has 6 nitrogen and oxygen atoms in total. The van der Waals surface area contributed by atoms with E-state index in [-0.39, 0.29) is 21.5 Å². The van der Waals surface area contributed by atoms with Gasteiger partial charge in [0.05, 0.1) is 15.1 Å². The van der Waals surface area contributed by atoms with E-state index in [4.69, 9.17) is 0 Å². The molecule has 2 N–H and O–H groups in total. The summed E-state index contributed by atoms with van der Waals surface area (Å²) in [4.78, 5) is 14.7. The highest BCUT2D eigenvalue weighted by atomic mass is 79.9. The van der Waals surface area contributed by atoms with E-state index in [2.05, 4.69) is 26.2 Å². The zero-order valence-electron chi connectivity index (χ0n) is 13.5.